The Morgan fingerprint density at radius 1 is 1.44 bits per heavy atom. The van der Waals surface area contributed by atoms with Crippen LogP contribution in [0.1, 0.15) is 36.5 Å². The van der Waals surface area contributed by atoms with E-state index in [1.807, 2.05) is 6.92 Å². The number of nitrogen functional groups attached to an aromatic ring is 1. The van der Waals surface area contributed by atoms with Crippen molar-refractivity contribution in [2.45, 2.75) is 32.4 Å². The summed E-state index contributed by atoms with van der Waals surface area (Å²) >= 11 is 0. The molecule has 1 rings (SSSR count). The van der Waals surface area contributed by atoms with Crippen molar-refractivity contribution in [2.75, 3.05) is 12.3 Å². The number of hydrogen-bond acceptors (Lipinski definition) is 5. The number of hydrogen-bond donors (Lipinski definition) is 3. The van der Waals surface area contributed by atoms with Gasteiger partial charge in [0.05, 0.1) is 13.0 Å². The molecule has 0 saturated heterocycles. The first-order valence-corrected chi connectivity index (χ1v) is 6.07. The standard InChI is InChI=1S/C13H20N2O3/c1-2-3-8-18-15-13(17)9-12(16)10-4-6-11(14)7-5-10/h4-7,13,15,17H,2-3,8-9,14H2,1H3. The van der Waals surface area contributed by atoms with Gasteiger partial charge in [-0.3, -0.25) is 9.63 Å². The quantitative estimate of drug-likeness (QED) is 0.214. The summed E-state index contributed by atoms with van der Waals surface area (Å²) in [5, 5.41) is 9.55. The molecule has 0 bridgehead atoms. The maximum Gasteiger partial charge on any atom is 0.166 e. The Morgan fingerprint density at radius 3 is 2.72 bits per heavy atom. The minimum atomic E-state index is -0.994. The van der Waals surface area contributed by atoms with E-state index in [4.69, 9.17) is 10.6 Å². The molecule has 1 atom stereocenters. The lowest BCUT2D eigenvalue weighted by molar-refractivity contribution is -0.0568. The number of anilines is 1. The number of nitrogens with two attached hydrogens (primary N) is 1. The first-order valence-electron chi connectivity index (χ1n) is 6.07. The van der Waals surface area contributed by atoms with Crippen LogP contribution in [0, 0.1) is 0 Å². The molecular formula is C13H20N2O3. The molecule has 100 valence electrons. The molecule has 0 spiro atoms. The Bertz CT molecular complexity index is 365. The molecule has 4 N–H and O–H groups in total. The van der Waals surface area contributed by atoms with Gasteiger partial charge in [-0.25, -0.2) is 0 Å². The maximum absolute atomic E-state index is 11.8. The molecule has 0 aliphatic carbocycles. The lowest BCUT2D eigenvalue weighted by Crippen LogP contribution is -2.31. The van der Waals surface area contributed by atoms with E-state index in [1.54, 1.807) is 24.3 Å². The summed E-state index contributed by atoms with van der Waals surface area (Å²) in [5.41, 5.74) is 9.10. The summed E-state index contributed by atoms with van der Waals surface area (Å²) in [4.78, 5) is 16.8. The van der Waals surface area contributed by atoms with E-state index in [0.717, 1.165) is 12.8 Å². The number of aliphatic hydroxyl groups excluding tert-OH is 1. The Labute approximate surface area is 107 Å². The molecule has 0 fully saturated rings. The number of benzene rings is 1. The Balaban J connectivity index is 2.33. The van der Waals surface area contributed by atoms with Gasteiger partial charge >= 0.3 is 0 Å². The summed E-state index contributed by atoms with van der Waals surface area (Å²) in [6, 6.07) is 6.60. The molecule has 5 nitrogen and oxygen atoms in total. The van der Waals surface area contributed by atoms with Gasteiger partial charge in [0, 0.05) is 11.3 Å². The van der Waals surface area contributed by atoms with E-state index in [-0.39, 0.29) is 12.2 Å². The number of hydroxylamine groups is 1. The Morgan fingerprint density at radius 2 is 2.11 bits per heavy atom. The highest BCUT2D eigenvalue weighted by atomic mass is 16.7. The van der Waals surface area contributed by atoms with Crippen LogP contribution in [0.15, 0.2) is 24.3 Å². The van der Waals surface area contributed by atoms with E-state index in [0.29, 0.717) is 17.9 Å². The van der Waals surface area contributed by atoms with Gasteiger partial charge in [-0.2, -0.15) is 5.48 Å². The molecule has 0 saturated carbocycles. The number of nitrogens with one attached hydrogen (secondary N) is 1. The van der Waals surface area contributed by atoms with Crippen LogP contribution in [-0.2, 0) is 4.84 Å². The fraction of sp³-hybridized carbons (Fsp3) is 0.462. The summed E-state index contributed by atoms with van der Waals surface area (Å²) in [5.74, 6) is -0.158. The van der Waals surface area contributed by atoms with Gasteiger partial charge in [-0.1, -0.05) is 13.3 Å². The lowest BCUT2D eigenvalue weighted by Gasteiger charge is -2.12. The molecule has 0 heterocycles. The zero-order valence-electron chi connectivity index (χ0n) is 10.6. The number of aliphatic hydroxyl groups is 1. The van der Waals surface area contributed by atoms with Gasteiger partial charge in [0.25, 0.3) is 0 Å². The van der Waals surface area contributed by atoms with Crippen molar-refractivity contribution in [2.24, 2.45) is 0 Å². The molecule has 0 aliphatic heterocycles. The highest BCUT2D eigenvalue weighted by Crippen LogP contribution is 2.08. The van der Waals surface area contributed by atoms with Gasteiger partial charge in [0.2, 0.25) is 0 Å². The smallest absolute Gasteiger partial charge is 0.166 e. The molecule has 18 heavy (non-hydrogen) atoms. The van der Waals surface area contributed by atoms with Crippen molar-refractivity contribution in [3.63, 3.8) is 0 Å². The molecule has 0 aliphatic rings. The topological polar surface area (TPSA) is 84.6 Å². The van der Waals surface area contributed by atoms with Crippen molar-refractivity contribution in [3.05, 3.63) is 29.8 Å². The fourth-order valence-corrected chi connectivity index (χ4v) is 1.38. The average molecular weight is 252 g/mol. The van der Waals surface area contributed by atoms with Crippen LogP contribution in [0.2, 0.25) is 0 Å². The molecule has 0 radical (unpaired) electrons. The van der Waals surface area contributed by atoms with Crippen molar-refractivity contribution in [1.29, 1.82) is 0 Å². The number of Topliss-reactive ketones (excluding diaryl/α,β-unsaturated/α-hetero) is 1. The maximum atomic E-state index is 11.8. The Hall–Kier alpha value is -1.43. The third-order valence-electron chi connectivity index (χ3n) is 2.43. The van der Waals surface area contributed by atoms with E-state index in [1.165, 1.54) is 0 Å². The second kappa shape index (κ2) is 7.81. The van der Waals surface area contributed by atoms with E-state index >= 15 is 0 Å². The predicted octanol–water partition coefficient (Wildman–Crippen LogP) is 1.48. The van der Waals surface area contributed by atoms with Crippen molar-refractivity contribution in [1.82, 2.24) is 5.48 Å². The van der Waals surface area contributed by atoms with Crippen LogP contribution in [-0.4, -0.2) is 23.7 Å². The van der Waals surface area contributed by atoms with Crippen molar-refractivity contribution in [3.8, 4) is 0 Å². The molecule has 1 unspecified atom stereocenters. The SMILES string of the molecule is CCCCONC(O)CC(=O)c1ccc(N)cc1. The molecule has 1 aromatic rings. The molecular weight excluding hydrogens is 232 g/mol. The van der Waals surface area contributed by atoms with Gasteiger partial charge in [-0.05, 0) is 30.7 Å². The number of carbonyl (C=O) groups is 1. The van der Waals surface area contributed by atoms with Crippen LogP contribution in [0.4, 0.5) is 5.69 Å². The number of rotatable bonds is 8. The van der Waals surface area contributed by atoms with E-state index in [9.17, 15) is 9.90 Å². The third-order valence-corrected chi connectivity index (χ3v) is 2.43. The fourth-order valence-electron chi connectivity index (χ4n) is 1.38. The number of ketones is 1. The Kier molecular flexibility index (Phi) is 6.35. The van der Waals surface area contributed by atoms with Crippen LogP contribution in [0.25, 0.3) is 0 Å². The minimum absolute atomic E-state index is 0.0317. The molecule has 0 amide bonds. The van der Waals surface area contributed by atoms with Crippen LogP contribution in [0.3, 0.4) is 0 Å². The number of unbranched alkanes of at least 4 members (excludes halogenated alkanes) is 1. The highest BCUT2D eigenvalue weighted by molar-refractivity contribution is 5.96. The summed E-state index contributed by atoms with van der Waals surface area (Å²) in [6.45, 7) is 2.56. The van der Waals surface area contributed by atoms with Crippen molar-refractivity contribution >= 4 is 11.5 Å². The average Bonchev–Trinajstić information content (AvgIpc) is 2.35. The largest absolute Gasteiger partial charge is 0.399 e. The summed E-state index contributed by atoms with van der Waals surface area (Å²) < 4.78 is 0. The second-order valence-electron chi connectivity index (χ2n) is 4.08. The van der Waals surface area contributed by atoms with Crippen LogP contribution < -0.4 is 11.2 Å². The molecule has 0 aromatic heterocycles. The second-order valence-corrected chi connectivity index (χ2v) is 4.08. The third kappa shape index (κ3) is 5.27. The molecule has 1 aromatic carbocycles. The minimum Gasteiger partial charge on any atom is -0.399 e. The van der Waals surface area contributed by atoms with Gasteiger partial charge in [0.15, 0.2) is 5.78 Å². The van der Waals surface area contributed by atoms with E-state index in [2.05, 4.69) is 5.48 Å². The predicted molar refractivity (Wildman–Crippen MR) is 69.8 cm³/mol. The monoisotopic (exact) mass is 252 g/mol. The van der Waals surface area contributed by atoms with Gasteiger partial charge < -0.3 is 10.8 Å². The highest BCUT2D eigenvalue weighted by Gasteiger charge is 2.12. The summed E-state index contributed by atoms with van der Waals surface area (Å²) in [7, 11) is 0. The van der Waals surface area contributed by atoms with Crippen LogP contribution >= 0.6 is 0 Å². The first kappa shape index (κ1) is 14.6. The van der Waals surface area contributed by atoms with Gasteiger partial charge in [-0.15, -0.1) is 0 Å². The van der Waals surface area contributed by atoms with E-state index < -0.39 is 6.23 Å². The zero-order valence-corrected chi connectivity index (χ0v) is 10.6. The van der Waals surface area contributed by atoms with Crippen LogP contribution in [0.5, 0.6) is 0 Å². The summed E-state index contributed by atoms with van der Waals surface area (Å²) in [6.07, 6.45) is 0.899. The van der Waals surface area contributed by atoms with Crippen molar-refractivity contribution < 1.29 is 14.7 Å². The number of carbonyl (C=O) groups excluding carboxylic acids is 1. The normalized spacial score (nSPS) is 12.3. The van der Waals surface area contributed by atoms with Gasteiger partial charge in [0.1, 0.15) is 6.23 Å². The zero-order chi connectivity index (χ0) is 13.4. The molecule has 5 heteroatoms. The first-order chi connectivity index (χ1) is 8.63. The lowest BCUT2D eigenvalue weighted by atomic mass is 10.1.